The second kappa shape index (κ2) is 50.1. The summed E-state index contributed by atoms with van der Waals surface area (Å²) in [5.41, 5.74) is 11.7. The first-order chi connectivity index (χ1) is 63.3. The smallest absolute Gasteiger partial charge is 0.228 e. The van der Waals surface area contributed by atoms with Gasteiger partial charge in [-0.1, -0.05) is 331 Å². The lowest BCUT2D eigenvalue weighted by Crippen LogP contribution is -2.51. The number of aliphatic hydroxyl groups excluding tert-OH is 2. The molecule has 0 saturated carbocycles. The van der Waals surface area contributed by atoms with E-state index in [1.807, 2.05) is 271 Å². The van der Waals surface area contributed by atoms with Crippen molar-refractivity contribution in [2.75, 3.05) is 137 Å². The van der Waals surface area contributed by atoms with E-state index in [1.54, 1.807) is 0 Å². The fourth-order valence-corrected chi connectivity index (χ4v) is 17.8. The lowest BCUT2D eigenvalue weighted by Gasteiger charge is -2.37. The number of carbonyl (C=O) groups excluding carboxylic acids is 7. The zero-order valence-electron chi connectivity index (χ0n) is 85.6. The van der Waals surface area contributed by atoms with E-state index in [0.717, 1.165) is 155 Å². The van der Waals surface area contributed by atoms with E-state index in [1.165, 1.54) is 33.4 Å². The van der Waals surface area contributed by atoms with Crippen molar-refractivity contribution >= 4 is 64.6 Å². The van der Waals surface area contributed by atoms with Gasteiger partial charge in [-0.2, -0.15) is 0 Å². The first-order valence-electron chi connectivity index (χ1n) is 48.5. The molecule has 7 fully saturated rings. The predicted octanol–water partition coefficient (Wildman–Crippen LogP) is 16.7. The number of nitrogens with zero attached hydrogens (tertiary/aromatic N) is 7. The van der Waals surface area contributed by atoms with Gasteiger partial charge in [0.2, 0.25) is 41.4 Å². The van der Waals surface area contributed by atoms with Crippen LogP contribution in [0.25, 0.3) is 0 Å². The van der Waals surface area contributed by atoms with Gasteiger partial charge in [-0.05, 0) is 94.6 Å². The summed E-state index contributed by atoms with van der Waals surface area (Å²) >= 11 is 12.3. The summed E-state index contributed by atoms with van der Waals surface area (Å²) < 4.78 is 0. The number of nitrogens with one attached hydrogen (secondary N) is 7. The van der Waals surface area contributed by atoms with Gasteiger partial charge in [0, 0.05) is 210 Å². The van der Waals surface area contributed by atoms with Gasteiger partial charge in [-0.25, -0.2) is 0 Å². The molecule has 0 bridgehead atoms. The highest BCUT2D eigenvalue weighted by Crippen LogP contribution is 2.34. The average molecular weight is 1900 g/mol. The van der Waals surface area contributed by atoms with Crippen molar-refractivity contribution in [1.29, 1.82) is 0 Å². The van der Waals surface area contributed by atoms with Gasteiger partial charge in [0.1, 0.15) is 0 Å². The fraction of sp³-hybridized carbons (Fsp3) is 0.555. The number of carbonyl (C=O) groups is 7. The Labute approximate surface area is 818 Å². The van der Waals surface area contributed by atoms with Crippen LogP contribution in [0.3, 0.4) is 0 Å². The van der Waals surface area contributed by atoms with Crippen LogP contribution in [0.2, 0.25) is 10.0 Å². The van der Waals surface area contributed by atoms with Gasteiger partial charge in [0.25, 0.3) is 0 Å². The topological polar surface area (TPSA) is 267 Å². The molecule has 0 spiro atoms. The molecular formula is C110H162Cl2N14O9. The number of aryl methyl sites for hydroxylation is 3. The Morgan fingerprint density at radius 1 is 0.281 bits per heavy atom. The van der Waals surface area contributed by atoms with Crippen molar-refractivity contribution < 1.29 is 43.8 Å². The van der Waals surface area contributed by atoms with Crippen molar-refractivity contribution in [3.8, 4) is 0 Å². The van der Waals surface area contributed by atoms with E-state index in [0.29, 0.717) is 26.2 Å². The Morgan fingerprint density at radius 3 is 0.844 bits per heavy atom. The van der Waals surface area contributed by atoms with E-state index in [-0.39, 0.29) is 135 Å². The van der Waals surface area contributed by atoms with Crippen molar-refractivity contribution in [2.45, 2.75) is 222 Å². The molecule has 0 radical (unpaired) electrons. The van der Waals surface area contributed by atoms with E-state index < -0.39 is 0 Å². The van der Waals surface area contributed by atoms with E-state index in [2.05, 4.69) is 137 Å². The van der Waals surface area contributed by atoms with Crippen molar-refractivity contribution in [3.05, 3.63) is 247 Å². The van der Waals surface area contributed by atoms with Gasteiger partial charge in [0.05, 0.1) is 31.3 Å². The molecule has 740 valence electrons. The normalized spacial score (nSPS) is 20.3. The number of piperazine rings is 7. The Balaban J connectivity index is 0.000000194. The molecule has 7 aliphatic rings. The third-order valence-electron chi connectivity index (χ3n) is 24.9. The predicted molar refractivity (Wildman–Crippen MR) is 549 cm³/mol. The quantitative estimate of drug-likeness (QED) is 0.0650. The maximum absolute atomic E-state index is 12.4. The number of halogens is 2. The zero-order valence-corrected chi connectivity index (χ0v) is 87.1. The first-order valence-corrected chi connectivity index (χ1v) is 49.3. The van der Waals surface area contributed by atoms with Gasteiger partial charge >= 0.3 is 0 Å². The monoisotopic (exact) mass is 1890 g/mol. The molecule has 25 heteroatoms. The van der Waals surface area contributed by atoms with Crippen LogP contribution < -0.4 is 37.2 Å². The number of benzene rings is 7. The van der Waals surface area contributed by atoms with E-state index >= 15 is 0 Å². The molecule has 7 unspecified atom stereocenters. The largest absolute Gasteiger partial charge is 0.392 e. The maximum Gasteiger partial charge on any atom is 0.228 e. The number of hydrogen-bond donors (Lipinski definition) is 9. The van der Waals surface area contributed by atoms with Crippen LogP contribution in [-0.2, 0) is 46.8 Å². The minimum absolute atomic E-state index is 0.0293. The van der Waals surface area contributed by atoms with Crippen molar-refractivity contribution in [2.24, 2.45) is 37.9 Å². The molecule has 7 atom stereocenters. The molecule has 0 aliphatic carbocycles. The minimum Gasteiger partial charge on any atom is -0.392 e. The standard InChI is InChI=1S/2C16H24N2O2.3C16H24N2O.2C15H21ClN2O/c1-16(2,3)15(20)18-8-7-17-14(10-18)13-6-4-5-12(9-13)11-19;1-16(2,3)15(20)18-9-8-17-14(10-18)13-7-5-4-6-12(13)11-19;2*1-12-5-7-13(8-6-12)14-11-18(10-9-17-14)15(19)16(2,3)4;1-12-7-5-6-8-13(12)14-11-18(10-9-17-14)15(19)16(2,3)4;1-15(2,3)14(19)18-8-7-17-13(10-18)11-5-4-6-12(16)9-11;1-15(2,3)14(19)18-9-8-17-13(10-18)11-6-4-5-7-12(11)16/h4-6,9,14,17,19H,7-8,10-11H2,1-3H3;4-7,14,17,19H,8-11H2,1-3H3;3*5-8,14,17H,9-11H2,1-4H3;4-6,9,13,17H,7-8,10H2,1-3H3;4-7,13,17H,8-10H2,1-3H3. The molecule has 9 N–H and O–H groups in total. The summed E-state index contributed by atoms with van der Waals surface area (Å²) in [7, 11) is 0. The van der Waals surface area contributed by atoms with Gasteiger partial charge in [-0.15, -0.1) is 0 Å². The Hall–Kier alpha value is -8.95. The summed E-state index contributed by atoms with van der Waals surface area (Å²) in [6, 6.07) is 58.2. The summed E-state index contributed by atoms with van der Waals surface area (Å²) in [4.78, 5) is 100. The van der Waals surface area contributed by atoms with Crippen LogP contribution in [0.15, 0.2) is 170 Å². The van der Waals surface area contributed by atoms with Gasteiger partial charge in [0.15, 0.2) is 0 Å². The zero-order chi connectivity index (χ0) is 99.7. The Morgan fingerprint density at radius 2 is 0.541 bits per heavy atom. The maximum atomic E-state index is 12.4. The number of hydrogen-bond acceptors (Lipinski definition) is 16. The summed E-state index contributed by atoms with van der Waals surface area (Å²) in [5.74, 6) is 1.52. The molecule has 0 aromatic heterocycles. The van der Waals surface area contributed by atoms with Gasteiger partial charge in [-0.3, -0.25) is 33.6 Å². The van der Waals surface area contributed by atoms with E-state index in [9.17, 15) is 43.8 Å². The number of rotatable bonds is 9. The lowest BCUT2D eigenvalue weighted by atomic mass is 9.93. The second-order valence-electron chi connectivity index (χ2n) is 44.1. The summed E-state index contributed by atoms with van der Waals surface area (Å²) in [5, 5.41) is 44.4. The van der Waals surface area contributed by atoms with Crippen LogP contribution in [0.4, 0.5) is 0 Å². The average Bonchev–Trinajstić information content (AvgIpc) is 0.807. The molecule has 23 nitrogen and oxygen atoms in total. The third-order valence-corrected chi connectivity index (χ3v) is 25.5. The Kier molecular flexibility index (Phi) is 41.3. The SMILES string of the molecule is CC(C)(C)C(=O)N1CCNC(c2cccc(CO)c2)C1.CC(C)(C)C(=O)N1CCNC(c2cccc(Cl)c2)C1.CC(C)(C)C(=O)N1CCNC(c2ccccc2CO)C1.CC(C)(C)C(=O)N1CCNC(c2ccccc2Cl)C1.Cc1ccc(C2CN(C(=O)C(C)(C)C)CCN2)cc1.Cc1ccc(C2CN(C(=O)C(C)(C)C)CCN2)cc1.Cc1ccccc1C1CN(C(=O)C(C)(C)C)CCN1. The van der Waals surface area contributed by atoms with Gasteiger partial charge < -0.3 is 81.7 Å². The minimum atomic E-state index is -0.349. The highest BCUT2D eigenvalue weighted by Gasteiger charge is 2.39. The molecule has 135 heavy (non-hydrogen) atoms. The molecule has 7 saturated heterocycles. The van der Waals surface area contributed by atoms with Crippen LogP contribution >= 0.6 is 23.2 Å². The molecule has 7 aromatic rings. The third kappa shape index (κ3) is 34.0. The van der Waals surface area contributed by atoms with Crippen LogP contribution in [-0.4, -0.2) is 223 Å². The number of aliphatic hydroxyl groups is 2. The second-order valence-corrected chi connectivity index (χ2v) is 44.9. The van der Waals surface area contributed by atoms with E-state index in [4.69, 9.17) is 23.2 Å². The highest BCUT2D eigenvalue weighted by molar-refractivity contribution is 6.31. The molecule has 14 rings (SSSR count). The fourth-order valence-electron chi connectivity index (χ4n) is 17.4. The summed E-state index contributed by atoms with van der Waals surface area (Å²) in [6.45, 7) is 64.0. The molecule has 7 heterocycles. The van der Waals surface area contributed by atoms with Crippen molar-refractivity contribution in [3.63, 3.8) is 0 Å². The molecule has 7 aromatic carbocycles. The summed E-state index contributed by atoms with van der Waals surface area (Å²) in [6.07, 6.45) is 0. The molecular weight excluding hydrogens is 1730 g/mol. The molecule has 7 aliphatic heterocycles. The first kappa shape index (κ1) is 111. The van der Waals surface area contributed by atoms with Crippen molar-refractivity contribution in [1.82, 2.24) is 71.5 Å². The number of amides is 7. The Bertz CT molecular complexity index is 4810. The molecule has 7 amide bonds. The highest BCUT2D eigenvalue weighted by atomic mass is 35.5. The lowest BCUT2D eigenvalue weighted by molar-refractivity contribution is -0.141. The van der Waals surface area contributed by atoms with Crippen LogP contribution in [0.5, 0.6) is 0 Å². The van der Waals surface area contributed by atoms with Crippen LogP contribution in [0, 0.1) is 58.7 Å². The van der Waals surface area contributed by atoms with Crippen LogP contribution in [0.1, 0.15) is 254 Å².